The fraction of sp³-hybridized carbons (Fsp3) is 0.385. The van der Waals surface area contributed by atoms with Crippen LogP contribution in [0.1, 0.15) is 29.2 Å². The third kappa shape index (κ3) is 2.05. The van der Waals surface area contributed by atoms with E-state index in [1.165, 1.54) is 11.1 Å². The second kappa shape index (κ2) is 4.07. The highest BCUT2D eigenvalue weighted by molar-refractivity contribution is 5.36. The van der Waals surface area contributed by atoms with Crippen LogP contribution in [0, 0.1) is 13.8 Å². The van der Waals surface area contributed by atoms with Crippen molar-refractivity contribution in [3.8, 4) is 0 Å². The van der Waals surface area contributed by atoms with Crippen molar-refractivity contribution in [1.29, 1.82) is 0 Å². The smallest absolute Gasteiger partial charge is 0.113 e. The molecule has 80 valence electrons. The maximum atomic E-state index is 6.16. The highest BCUT2D eigenvalue weighted by Crippen LogP contribution is 2.26. The first kappa shape index (κ1) is 10.2. The van der Waals surface area contributed by atoms with Crippen molar-refractivity contribution in [3.05, 3.63) is 46.7 Å². The van der Waals surface area contributed by atoms with Crippen LogP contribution >= 0.6 is 0 Å². The Balaban J connectivity index is 2.28. The molecule has 1 aliphatic rings. The van der Waals surface area contributed by atoms with Gasteiger partial charge in [0.05, 0.1) is 12.6 Å². The Labute approximate surface area is 90.7 Å². The summed E-state index contributed by atoms with van der Waals surface area (Å²) in [6.07, 6.45) is 3.07. The van der Waals surface area contributed by atoms with Crippen LogP contribution in [-0.2, 0) is 4.74 Å². The van der Waals surface area contributed by atoms with Crippen LogP contribution in [0.3, 0.4) is 0 Å². The van der Waals surface area contributed by atoms with Gasteiger partial charge in [0.2, 0.25) is 0 Å². The zero-order valence-electron chi connectivity index (χ0n) is 9.29. The molecule has 2 heteroatoms. The van der Waals surface area contributed by atoms with E-state index in [0.29, 0.717) is 0 Å². The monoisotopic (exact) mass is 203 g/mol. The van der Waals surface area contributed by atoms with Gasteiger partial charge in [0.1, 0.15) is 5.76 Å². The molecular weight excluding hydrogens is 186 g/mol. The molecule has 15 heavy (non-hydrogen) atoms. The lowest BCUT2D eigenvalue weighted by Crippen LogP contribution is -2.15. The summed E-state index contributed by atoms with van der Waals surface area (Å²) >= 11 is 0. The van der Waals surface area contributed by atoms with E-state index in [1.54, 1.807) is 0 Å². The topological polar surface area (TPSA) is 35.2 Å². The standard InChI is InChI=1S/C13H17NO/c1-9-5-6-11(10(2)8-9)13(14)12-4-3-7-15-12/h4-6,8,13H,3,7,14H2,1-2H3. The van der Waals surface area contributed by atoms with E-state index in [0.717, 1.165) is 24.4 Å². The maximum absolute atomic E-state index is 6.16. The van der Waals surface area contributed by atoms with E-state index in [-0.39, 0.29) is 6.04 Å². The summed E-state index contributed by atoms with van der Waals surface area (Å²) in [5.74, 6) is 0.918. The lowest BCUT2D eigenvalue weighted by Gasteiger charge is -2.16. The van der Waals surface area contributed by atoms with Gasteiger partial charge in [-0.25, -0.2) is 0 Å². The first-order valence-electron chi connectivity index (χ1n) is 5.34. The van der Waals surface area contributed by atoms with Crippen molar-refractivity contribution in [2.45, 2.75) is 26.3 Å². The highest BCUT2D eigenvalue weighted by atomic mass is 16.5. The van der Waals surface area contributed by atoms with E-state index in [4.69, 9.17) is 10.5 Å². The Kier molecular flexibility index (Phi) is 2.78. The van der Waals surface area contributed by atoms with Crippen molar-refractivity contribution >= 4 is 0 Å². The van der Waals surface area contributed by atoms with Gasteiger partial charge in [0, 0.05) is 6.42 Å². The fourth-order valence-electron chi connectivity index (χ4n) is 1.98. The van der Waals surface area contributed by atoms with Gasteiger partial charge in [-0.3, -0.25) is 0 Å². The van der Waals surface area contributed by atoms with Crippen LogP contribution < -0.4 is 5.73 Å². The zero-order valence-corrected chi connectivity index (χ0v) is 9.29. The number of hydrogen-bond acceptors (Lipinski definition) is 2. The third-order valence-electron chi connectivity index (χ3n) is 2.80. The van der Waals surface area contributed by atoms with Crippen molar-refractivity contribution in [2.75, 3.05) is 6.61 Å². The second-order valence-corrected chi connectivity index (χ2v) is 4.08. The van der Waals surface area contributed by atoms with Gasteiger partial charge < -0.3 is 10.5 Å². The number of aryl methyl sites for hydroxylation is 2. The molecular formula is C13H17NO. The Morgan fingerprint density at radius 2 is 2.13 bits per heavy atom. The van der Waals surface area contributed by atoms with E-state index in [1.807, 2.05) is 0 Å². The molecule has 0 amide bonds. The van der Waals surface area contributed by atoms with Gasteiger partial charge in [0.15, 0.2) is 0 Å². The van der Waals surface area contributed by atoms with E-state index >= 15 is 0 Å². The summed E-state index contributed by atoms with van der Waals surface area (Å²) in [6, 6.07) is 6.24. The lowest BCUT2D eigenvalue weighted by atomic mass is 9.98. The van der Waals surface area contributed by atoms with Gasteiger partial charge in [-0.05, 0) is 31.1 Å². The summed E-state index contributed by atoms with van der Waals surface area (Å²) in [6.45, 7) is 4.96. The number of nitrogens with two attached hydrogens (primary N) is 1. The summed E-state index contributed by atoms with van der Waals surface area (Å²) < 4.78 is 5.49. The molecule has 0 saturated carbocycles. The van der Waals surface area contributed by atoms with E-state index < -0.39 is 0 Å². The molecule has 0 radical (unpaired) electrons. The normalized spacial score (nSPS) is 17.1. The molecule has 1 aromatic carbocycles. The number of ether oxygens (including phenoxy) is 1. The Morgan fingerprint density at radius 1 is 1.33 bits per heavy atom. The number of hydrogen-bond donors (Lipinski definition) is 1. The van der Waals surface area contributed by atoms with Crippen molar-refractivity contribution in [3.63, 3.8) is 0 Å². The summed E-state index contributed by atoms with van der Waals surface area (Å²) in [4.78, 5) is 0. The van der Waals surface area contributed by atoms with Crippen molar-refractivity contribution in [2.24, 2.45) is 5.73 Å². The molecule has 0 fully saturated rings. The van der Waals surface area contributed by atoms with Crippen LogP contribution in [0.25, 0.3) is 0 Å². The average molecular weight is 203 g/mol. The molecule has 1 heterocycles. The molecule has 2 nitrogen and oxygen atoms in total. The third-order valence-corrected chi connectivity index (χ3v) is 2.80. The molecule has 2 N–H and O–H groups in total. The largest absolute Gasteiger partial charge is 0.496 e. The molecule has 0 spiro atoms. The minimum absolute atomic E-state index is 0.104. The molecule has 0 bridgehead atoms. The zero-order chi connectivity index (χ0) is 10.8. The Morgan fingerprint density at radius 3 is 2.73 bits per heavy atom. The van der Waals surface area contributed by atoms with Crippen LogP contribution in [0.4, 0.5) is 0 Å². The van der Waals surface area contributed by atoms with Crippen molar-refractivity contribution < 1.29 is 4.74 Å². The minimum Gasteiger partial charge on any atom is -0.496 e. The number of benzene rings is 1. The van der Waals surface area contributed by atoms with E-state index in [9.17, 15) is 0 Å². The lowest BCUT2D eigenvalue weighted by molar-refractivity contribution is 0.225. The van der Waals surface area contributed by atoms with Crippen LogP contribution in [0.15, 0.2) is 30.0 Å². The van der Waals surface area contributed by atoms with Gasteiger partial charge in [-0.1, -0.05) is 23.8 Å². The maximum Gasteiger partial charge on any atom is 0.113 e. The quantitative estimate of drug-likeness (QED) is 0.802. The summed E-state index contributed by atoms with van der Waals surface area (Å²) in [7, 11) is 0. The van der Waals surface area contributed by atoms with Gasteiger partial charge in [-0.15, -0.1) is 0 Å². The first-order chi connectivity index (χ1) is 7.18. The molecule has 0 saturated heterocycles. The predicted molar refractivity (Wildman–Crippen MR) is 61.5 cm³/mol. The average Bonchev–Trinajstić information content (AvgIpc) is 2.69. The first-order valence-corrected chi connectivity index (χ1v) is 5.34. The van der Waals surface area contributed by atoms with Gasteiger partial charge in [-0.2, -0.15) is 0 Å². The molecule has 1 aliphatic heterocycles. The molecule has 0 aromatic heterocycles. The van der Waals surface area contributed by atoms with Crippen molar-refractivity contribution in [1.82, 2.24) is 0 Å². The van der Waals surface area contributed by atoms with Crippen LogP contribution in [-0.4, -0.2) is 6.61 Å². The summed E-state index contributed by atoms with van der Waals surface area (Å²) in [5, 5.41) is 0. The number of rotatable bonds is 2. The fourth-order valence-corrected chi connectivity index (χ4v) is 1.98. The predicted octanol–water partition coefficient (Wildman–Crippen LogP) is 2.61. The highest BCUT2D eigenvalue weighted by Gasteiger charge is 2.17. The van der Waals surface area contributed by atoms with E-state index in [2.05, 4.69) is 38.1 Å². The Hall–Kier alpha value is -1.28. The minimum atomic E-state index is -0.104. The van der Waals surface area contributed by atoms with Gasteiger partial charge >= 0.3 is 0 Å². The van der Waals surface area contributed by atoms with Gasteiger partial charge in [0.25, 0.3) is 0 Å². The SMILES string of the molecule is Cc1ccc(C(N)C2=CCCO2)c(C)c1. The molecule has 1 aromatic rings. The van der Waals surface area contributed by atoms with Crippen LogP contribution in [0.2, 0.25) is 0 Å². The second-order valence-electron chi connectivity index (χ2n) is 4.08. The molecule has 2 rings (SSSR count). The molecule has 1 atom stereocenters. The summed E-state index contributed by atoms with van der Waals surface area (Å²) in [5.41, 5.74) is 9.82. The van der Waals surface area contributed by atoms with Crippen LogP contribution in [0.5, 0.6) is 0 Å². The molecule has 1 unspecified atom stereocenters. The Bertz CT molecular complexity index is 396. The molecule has 0 aliphatic carbocycles.